The van der Waals surface area contributed by atoms with Gasteiger partial charge < -0.3 is 15.5 Å². The normalized spacial score (nSPS) is 20.4. The quantitative estimate of drug-likeness (QED) is 0.464. The third kappa shape index (κ3) is 5.39. The first-order valence-corrected chi connectivity index (χ1v) is 13.3. The number of sulfonamides is 1. The molecule has 1 saturated carbocycles. The molecule has 186 valence electrons. The topological polar surface area (TPSA) is 89.9 Å². The van der Waals surface area contributed by atoms with Crippen molar-refractivity contribution in [1.82, 2.24) is 4.31 Å². The molecule has 1 aliphatic heterocycles. The zero-order valence-corrected chi connectivity index (χ0v) is 20.3. The molecule has 0 aromatic heterocycles. The van der Waals surface area contributed by atoms with E-state index in [9.17, 15) is 27.4 Å². The van der Waals surface area contributed by atoms with Crippen LogP contribution in [0.3, 0.4) is 0 Å². The number of hydrogen-bond acceptors (Lipinski definition) is 5. The van der Waals surface area contributed by atoms with Crippen molar-refractivity contribution in [2.75, 3.05) is 18.4 Å². The van der Waals surface area contributed by atoms with E-state index in [1.807, 2.05) is 0 Å². The van der Waals surface area contributed by atoms with E-state index in [4.69, 9.17) is 11.6 Å². The van der Waals surface area contributed by atoms with Gasteiger partial charge in [-0.3, -0.25) is 0 Å². The van der Waals surface area contributed by atoms with Crippen LogP contribution < -0.4 is 5.32 Å². The number of hydrogen-bond donors (Lipinski definition) is 3. The van der Waals surface area contributed by atoms with Crippen LogP contribution in [0, 0.1) is 11.7 Å². The SMILES string of the molecule is O=S(=O)(c1cc(C(O)Nc2ccc(F)c(Cl)c2)ccc1CF)N1CCCC(O)(C2CC2)CCC1. The van der Waals surface area contributed by atoms with Crippen LogP contribution in [-0.2, 0) is 16.7 Å². The van der Waals surface area contributed by atoms with Crippen molar-refractivity contribution >= 4 is 27.3 Å². The van der Waals surface area contributed by atoms with Gasteiger partial charge in [-0.25, -0.2) is 17.2 Å². The minimum Gasteiger partial charge on any atom is -0.390 e. The molecule has 1 aliphatic carbocycles. The summed E-state index contributed by atoms with van der Waals surface area (Å²) in [6.07, 6.45) is 2.84. The van der Waals surface area contributed by atoms with Gasteiger partial charge in [0.2, 0.25) is 10.0 Å². The van der Waals surface area contributed by atoms with Gasteiger partial charge in [0, 0.05) is 29.9 Å². The maximum Gasteiger partial charge on any atom is 0.243 e. The lowest BCUT2D eigenvalue weighted by Gasteiger charge is -2.33. The van der Waals surface area contributed by atoms with Crippen LogP contribution in [0.1, 0.15) is 55.9 Å². The second-order valence-electron chi connectivity index (χ2n) is 9.17. The first-order chi connectivity index (χ1) is 16.1. The van der Waals surface area contributed by atoms with Crippen LogP contribution in [0.25, 0.3) is 0 Å². The van der Waals surface area contributed by atoms with Crippen LogP contribution in [0.15, 0.2) is 41.3 Å². The van der Waals surface area contributed by atoms with Gasteiger partial charge in [-0.05, 0) is 68.7 Å². The summed E-state index contributed by atoms with van der Waals surface area (Å²) in [4.78, 5) is -0.191. The van der Waals surface area contributed by atoms with Gasteiger partial charge in [-0.2, -0.15) is 4.31 Å². The molecule has 1 atom stereocenters. The van der Waals surface area contributed by atoms with E-state index in [0.29, 0.717) is 37.3 Å². The molecule has 2 aromatic carbocycles. The van der Waals surface area contributed by atoms with Gasteiger partial charge in [0.25, 0.3) is 0 Å². The summed E-state index contributed by atoms with van der Waals surface area (Å²) in [5, 5.41) is 24.1. The Morgan fingerprint density at radius 1 is 1.15 bits per heavy atom. The molecular formula is C24H29ClF2N2O4S. The van der Waals surface area contributed by atoms with Crippen molar-refractivity contribution < 1.29 is 27.4 Å². The number of benzene rings is 2. The average molecular weight is 515 g/mol. The van der Waals surface area contributed by atoms with Crippen molar-refractivity contribution in [2.45, 2.75) is 61.9 Å². The molecule has 2 aromatic rings. The minimum atomic E-state index is -4.03. The number of nitrogens with zero attached hydrogens (tertiary/aromatic N) is 1. The summed E-state index contributed by atoms with van der Waals surface area (Å²) < 4.78 is 55.5. The Hall–Kier alpha value is -1.78. The van der Waals surface area contributed by atoms with E-state index in [1.54, 1.807) is 0 Å². The molecule has 0 spiro atoms. The molecule has 0 bridgehead atoms. The van der Waals surface area contributed by atoms with Crippen molar-refractivity contribution in [3.8, 4) is 0 Å². The molecular weight excluding hydrogens is 486 g/mol. The number of aliphatic hydroxyl groups is 2. The Labute approximate surface area is 203 Å². The van der Waals surface area contributed by atoms with Crippen LogP contribution >= 0.6 is 11.6 Å². The predicted molar refractivity (Wildman–Crippen MR) is 126 cm³/mol. The minimum absolute atomic E-state index is 0.0114. The Balaban J connectivity index is 1.54. The fourth-order valence-electron chi connectivity index (χ4n) is 4.69. The molecule has 34 heavy (non-hydrogen) atoms. The second-order valence-corrected chi connectivity index (χ2v) is 11.5. The number of nitrogens with one attached hydrogen (secondary N) is 1. The van der Waals surface area contributed by atoms with Gasteiger partial charge in [0.05, 0.1) is 15.5 Å². The molecule has 1 unspecified atom stereocenters. The number of aliphatic hydroxyl groups excluding tert-OH is 1. The maximum absolute atomic E-state index is 13.7. The zero-order chi connectivity index (χ0) is 24.5. The van der Waals surface area contributed by atoms with Crippen molar-refractivity contribution in [3.05, 3.63) is 58.4 Å². The highest BCUT2D eigenvalue weighted by atomic mass is 35.5. The summed E-state index contributed by atoms with van der Waals surface area (Å²) in [6, 6.07) is 7.90. The Morgan fingerprint density at radius 3 is 2.41 bits per heavy atom. The third-order valence-corrected chi connectivity index (χ3v) is 9.03. The van der Waals surface area contributed by atoms with Gasteiger partial charge in [-0.1, -0.05) is 23.7 Å². The van der Waals surface area contributed by atoms with Crippen molar-refractivity contribution in [3.63, 3.8) is 0 Å². The molecule has 1 heterocycles. The number of rotatable bonds is 7. The van der Waals surface area contributed by atoms with E-state index in [-0.39, 0.29) is 34.1 Å². The molecule has 1 saturated heterocycles. The molecule has 6 nitrogen and oxygen atoms in total. The lowest BCUT2D eigenvalue weighted by molar-refractivity contribution is -0.00950. The lowest BCUT2D eigenvalue weighted by Crippen LogP contribution is -2.40. The first-order valence-electron chi connectivity index (χ1n) is 11.4. The predicted octanol–water partition coefficient (Wildman–Crippen LogP) is 4.76. The molecule has 2 fully saturated rings. The Kier molecular flexibility index (Phi) is 7.50. The maximum atomic E-state index is 13.7. The molecule has 2 aliphatic rings. The van der Waals surface area contributed by atoms with Gasteiger partial charge in [0.1, 0.15) is 12.5 Å². The van der Waals surface area contributed by atoms with Crippen molar-refractivity contribution in [1.29, 1.82) is 0 Å². The Morgan fingerprint density at radius 2 is 1.82 bits per heavy atom. The fourth-order valence-corrected chi connectivity index (χ4v) is 6.62. The second kappa shape index (κ2) is 10.1. The largest absolute Gasteiger partial charge is 0.390 e. The molecule has 3 N–H and O–H groups in total. The monoisotopic (exact) mass is 514 g/mol. The number of alkyl halides is 1. The number of halogens is 3. The van der Waals surface area contributed by atoms with Crippen LogP contribution in [0.5, 0.6) is 0 Å². The van der Waals surface area contributed by atoms with Gasteiger partial charge in [0.15, 0.2) is 6.23 Å². The standard InChI is InChI=1S/C24H29ClF2N2O4S/c25-20-14-19(7-8-21(20)27)28-23(30)16-3-4-17(15-26)22(13-16)34(32,33)29-11-1-9-24(31,10-2-12-29)18-5-6-18/h3-4,7-8,13-14,18,23,28,30-31H,1-2,5-6,9-12,15H2. The average Bonchev–Trinajstić information content (AvgIpc) is 3.64. The van der Waals surface area contributed by atoms with Crippen molar-refractivity contribution in [2.24, 2.45) is 5.92 Å². The van der Waals surface area contributed by atoms with E-state index in [2.05, 4.69) is 5.32 Å². The smallest absolute Gasteiger partial charge is 0.243 e. The highest BCUT2D eigenvalue weighted by molar-refractivity contribution is 7.89. The van der Waals surface area contributed by atoms with Crippen LogP contribution in [-0.4, -0.2) is 41.6 Å². The summed E-state index contributed by atoms with van der Waals surface area (Å²) in [5.74, 6) is -0.290. The van der Waals surface area contributed by atoms with E-state index < -0.39 is 34.3 Å². The summed E-state index contributed by atoms with van der Waals surface area (Å²) in [5.41, 5.74) is -0.146. The van der Waals surface area contributed by atoms with E-state index in [0.717, 1.165) is 18.9 Å². The lowest BCUT2D eigenvalue weighted by atomic mass is 9.86. The van der Waals surface area contributed by atoms with Gasteiger partial charge in [-0.15, -0.1) is 0 Å². The highest BCUT2D eigenvalue weighted by Crippen LogP contribution is 2.45. The fraction of sp³-hybridized carbons (Fsp3) is 0.500. The highest BCUT2D eigenvalue weighted by Gasteiger charge is 2.44. The number of anilines is 1. The molecule has 4 rings (SSSR count). The van der Waals surface area contributed by atoms with Gasteiger partial charge >= 0.3 is 0 Å². The summed E-state index contributed by atoms with van der Waals surface area (Å²) >= 11 is 5.78. The van der Waals surface area contributed by atoms with Crippen LogP contribution in [0.2, 0.25) is 5.02 Å². The van der Waals surface area contributed by atoms with E-state index >= 15 is 0 Å². The van der Waals surface area contributed by atoms with Crippen LogP contribution in [0.4, 0.5) is 14.5 Å². The van der Waals surface area contributed by atoms with E-state index in [1.165, 1.54) is 34.6 Å². The third-order valence-electron chi connectivity index (χ3n) is 6.76. The summed E-state index contributed by atoms with van der Waals surface area (Å²) in [7, 11) is -4.03. The first kappa shape index (κ1) is 25.3. The molecule has 0 radical (unpaired) electrons. The molecule has 0 amide bonds. The molecule has 10 heteroatoms. The summed E-state index contributed by atoms with van der Waals surface area (Å²) in [6.45, 7) is -0.494. The Bertz CT molecular complexity index is 1130. The zero-order valence-electron chi connectivity index (χ0n) is 18.7.